The molecule has 1 unspecified atom stereocenters. The number of rotatable bonds is 5. The van der Waals surface area contributed by atoms with Crippen molar-refractivity contribution >= 4 is 17.5 Å². The minimum absolute atomic E-state index is 0.000502. The van der Waals surface area contributed by atoms with Crippen LogP contribution in [0.3, 0.4) is 0 Å². The molecule has 0 saturated carbocycles. The number of anilines is 1. The molecular weight excluding hydrogens is 338 g/mol. The van der Waals surface area contributed by atoms with Gasteiger partial charge in [0.2, 0.25) is 5.91 Å². The molecule has 27 heavy (non-hydrogen) atoms. The van der Waals surface area contributed by atoms with Crippen LogP contribution in [0.25, 0.3) is 0 Å². The van der Waals surface area contributed by atoms with Crippen LogP contribution < -0.4 is 10.6 Å². The first-order valence-electron chi connectivity index (χ1n) is 9.49. The van der Waals surface area contributed by atoms with Crippen molar-refractivity contribution in [3.8, 4) is 0 Å². The van der Waals surface area contributed by atoms with Crippen LogP contribution in [0.5, 0.6) is 0 Å². The van der Waals surface area contributed by atoms with Crippen LogP contribution in [-0.2, 0) is 4.79 Å². The van der Waals surface area contributed by atoms with E-state index in [1.807, 2.05) is 49.4 Å². The molecule has 0 radical (unpaired) electrons. The average molecular weight is 365 g/mol. The summed E-state index contributed by atoms with van der Waals surface area (Å²) in [5.41, 5.74) is 2.10. The summed E-state index contributed by atoms with van der Waals surface area (Å²) < 4.78 is 0. The molecule has 1 aliphatic heterocycles. The van der Waals surface area contributed by atoms with Crippen LogP contribution >= 0.6 is 0 Å². The Labute approximate surface area is 160 Å². The van der Waals surface area contributed by atoms with Crippen molar-refractivity contribution in [2.24, 2.45) is 5.92 Å². The van der Waals surface area contributed by atoms with Gasteiger partial charge in [-0.3, -0.25) is 9.59 Å². The van der Waals surface area contributed by atoms with Gasteiger partial charge in [0.1, 0.15) is 0 Å². The van der Waals surface area contributed by atoms with Gasteiger partial charge in [-0.15, -0.1) is 0 Å². The molecule has 2 aromatic carbocycles. The lowest BCUT2D eigenvalue weighted by molar-refractivity contribution is -0.121. The van der Waals surface area contributed by atoms with E-state index in [1.54, 1.807) is 12.1 Å². The first-order chi connectivity index (χ1) is 13.0. The molecule has 1 saturated heterocycles. The quantitative estimate of drug-likeness (QED) is 0.853. The molecule has 2 N–H and O–H groups in total. The number of hydrogen-bond donors (Lipinski definition) is 2. The molecule has 142 valence electrons. The first kappa shape index (κ1) is 19.1. The van der Waals surface area contributed by atoms with Gasteiger partial charge in [0, 0.05) is 5.92 Å². The molecular formula is C22H27N3O2. The van der Waals surface area contributed by atoms with E-state index < -0.39 is 0 Å². The van der Waals surface area contributed by atoms with E-state index in [9.17, 15) is 9.59 Å². The van der Waals surface area contributed by atoms with Crippen LogP contribution in [0.4, 0.5) is 5.69 Å². The SMILES string of the molecule is CC(NC(=O)c1ccccc1NC(=O)C1CCN(C)CC1)c1ccccc1. The summed E-state index contributed by atoms with van der Waals surface area (Å²) in [6.07, 6.45) is 1.70. The van der Waals surface area contributed by atoms with E-state index in [0.29, 0.717) is 11.3 Å². The van der Waals surface area contributed by atoms with Gasteiger partial charge in [0.15, 0.2) is 0 Å². The summed E-state index contributed by atoms with van der Waals surface area (Å²) in [7, 11) is 2.07. The number of benzene rings is 2. The van der Waals surface area contributed by atoms with Gasteiger partial charge in [-0.25, -0.2) is 0 Å². The second kappa shape index (κ2) is 8.82. The largest absolute Gasteiger partial charge is 0.345 e. The number of carbonyl (C=O) groups excluding carboxylic acids is 2. The Bertz CT molecular complexity index is 783. The number of para-hydroxylation sites is 1. The van der Waals surface area contributed by atoms with Crippen molar-refractivity contribution in [2.75, 3.05) is 25.5 Å². The van der Waals surface area contributed by atoms with Gasteiger partial charge in [-0.05, 0) is 57.6 Å². The van der Waals surface area contributed by atoms with Gasteiger partial charge in [-0.1, -0.05) is 42.5 Å². The molecule has 0 aliphatic carbocycles. The van der Waals surface area contributed by atoms with Gasteiger partial charge < -0.3 is 15.5 Å². The number of likely N-dealkylation sites (tertiary alicyclic amines) is 1. The van der Waals surface area contributed by atoms with Crippen LogP contribution in [0.15, 0.2) is 54.6 Å². The summed E-state index contributed by atoms with van der Waals surface area (Å²) in [6.45, 7) is 3.80. The highest BCUT2D eigenvalue weighted by Crippen LogP contribution is 2.22. The average Bonchev–Trinajstić information content (AvgIpc) is 2.69. The Morgan fingerprint density at radius 3 is 2.33 bits per heavy atom. The molecule has 1 heterocycles. The number of nitrogens with zero attached hydrogens (tertiary/aromatic N) is 1. The number of piperidine rings is 1. The van der Waals surface area contributed by atoms with Crippen molar-refractivity contribution in [1.82, 2.24) is 10.2 Å². The maximum absolute atomic E-state index is 12.8. The molecule has 0 bridgehead atoms. The van der Waals surface area contributed by atoms with Crippen molar-refractivity contribution < 1.29 is 9.59 Å². The first-order valence-corrected chi connectivity index (χ1v) is 9.49. The Balaban J connectivity index is 1.68. The summed E-state index contributed by atoms with van der Waals surface area (Å²) in [6, 6.07) is 16.9. The molecule has 2 aromatic rings. The molecule has 1 aliphatic rings. The number of hydrogen-bond acceptors (Lipinski definition) is 3. The maximum Gasteiger partial charge on any atom is 0.253 e. The van der Waals surface area contributed by atoms with Gasteiger partial charge >= 0.3 is 0 Å². The fourth-order valence-corrected chi connectivity index (χ4v) is 3.40. The van der Waals surface area contributed by atoms with E-state index in [4.69, 9.17) is 0 Å². The zero-order valence-electron chi connectivity index (χ0n) is 15.9. The van der Waals surface area contributed by atoms with Gasteiger partial charge in [0.25, 0.3) is 5.91 Å². The Morgan fingerprint density at radius 1 is 1.00 bits per heavy atom. The fourth-order valence-electron chi connectivity index (χ4n) is 3.40. The third kappa shape index (κ3) is 4.95. The van der Waals surface area contributed by atoms with Gasteiger partial charge in [-0.2, -0.15) is 0 Å². The van der Waals surface area contributed by atoms with Crippen molar-refractivity contribution in [1.29, 1.82) is 0 Å². The van der Waals surface area contributed by atoms with Crippen molar-refractivity contribution in [3.63, 3.8) is 0 Å². The van der Waals surface area contributed by atoms with Crippen LogP contribution in [0, 0.1) is 5.92 Å². The van der Waals surface area contributed by atoms with E-state index >= 15 is 0 Å². The molecule has 5 heteroatoms. The molecule has 2 amide bonds. The van der Waals surface area contributed by atoms with Crippen molar-refractivity contribution in [3.05, 3.63) is 65.7 Å². The third-order valence-electron chi connectivity index (χ3n) is 5.17. The number of nitrogens with one attached hydrogen (secondary N) is 2. The van der Waals surface area contributed by atoms with Gasteiger partial charge in [0.05, 0.1) is 17.3 Å². The monoisotopic (exact) mass is 365 g/mol. The lowest BCUT2D eigenvalue weighted by Gasteiger charge is -2.28. The Kier molecular flexibility index (Phi) is 6.24. The summed E-state index contributed by atoms with van der Waals surface area (Å²) in [5, 5.41) is 5.99. The zero-order chi connectivity index (χ0) is 19.2. The lowest BCUT2D eigenvalue weighted by Crippen LogP contribution is -2.36. The predicted molar refractivity (Wildman–Crippen MR) is 108 cm³/mol. The van der Waals surface area contributed by atoms with E-state index in [-0.39, 0.29) is 23.8 Å². The lowest BCUT2D eigenvalue weighted by atomic mass is 9.96. The van der Waals surface area contributed by atoms with E-state index in [0.717, 1.165) is 31.5 Å². The molecule has 5 nitrogen and oxygen atoms in total. The van der Waals surface area contributed by atoms with Crippen molar-refractivity contribution in [2.45, 2.75) is 25.8 Å². The summed E-state index contributed by atoms with van der Waals surface area (Å²) in [4.78, 5) is 27.6. The van der Waals surface area contributed by atoms with Crippen LogP contribution in [0.2, 0.25) is 0 Å². The van der Waals surface area contributed by atoms with E-state index in [2.05, 4.69) is 22.6 Å². The van der Waals surface area contributed by atoms with Crippen LogP contribution in [0.1, 0.15) is 41.7 Å². The summed E-state index contributed by atoms with van der Waals surface area (Å²) in [5.74, 6) is -0.189. The van der Waals surface area contributed by atoms with Crippen LogP contribution in [-0.4, -0.2) is 36.9 Å². The molecule has 1 atom stereocenters. The topological polar surface area (TPSA) is 61.4 Å². The zero-order valence-corrected chi connectivity index (χ0v) is 15.9. The number of amides is 2. The highest BCUT2D eigenvalue weighted by Gasteiger charge is 2.24. The third-order valence-corrected chi connectivity index (χ3v) is 5.17. The second-order valence-electron chi connectivity index (χ2n) is 7.22. The van der Waals surface area contributed by atoms with E-state index in [1.165, 1.54) is 0 Å². The normalized spacial score (nSPS) is 16.5. The Hall–Kier alpha value is -2.66. The molecule has 3 rings (SSSR count). The summed E-state index contributed by atoms with van der Waals surface area (Å²) >= 11 is 0. The maximum atomic E-state index is 12.8. The molecule has 1 fully saturated rings. The minimum Gasteiger partial charge on any atom is -0.345 e. The highest BCUT2D eigenvalue weighted by molar-refractivity contribution is 6.04. The highest BCUT2D eigenvalue weighted by atomic mass is 16.2. The fraction of sp³-hybridized carbons (Fsp3) is 0.364. The number of carbonyl (C=O) groups is 2. The smallest absolute Gasteiger partial charge is 0.253 e. The molecule has 0 spiro atoms. The molecule has 0 aromatic heterocycles. The Morgan fingerprint density at radius 2 is 1.63 bits per heavy atom. The standard InChI is InChI=1S/C22H27N3O2/c1-16(17-8-4-3-5-9-17)23-22(27)19-10-6-7-11-20(19)24-21(26)18-12-14-25(2)15-13-18/h3-11,16,18H,12-15H2,1-2H3,(H,23,27)(H,24,26). The predicted octanol–water partition coefficient (Wildman–Crippen LogP) is 3.46. The minimum atomic E-state index is -0.189. The second-order valence-corrected chi connectivity index (χ2v) is 7.22.